The van der Waals surface area contributed by atoms with Gasteiger partial charge in [0.25, 0.3) is 0 Å². The smallest absolute Gasteiger partial charge is 0.234 e. The van der Waals surface area contributed by atoms with Crippen LogP contribution in [0.25, 0.3) is 0 Å². The number of nitrogens with one attached hydrogen (secondary N) is 1. The Morgan fingerprint density at radius 2 is 1.72 bits per heavy atom. The zero-order chi connectivity index (χ0) is 22.3. The predicted octanol–water partition coefficient (Wildman–Crippen LogP) is 3.78. The summed E-state index contributed by atoms with van der Waals surface area (Å²) >= 11 is 1.58. The van der Waals surface area contributed by atoms with Gasteiger partial charge in [-0.25, -0.2) is 4.39 Å². The number of carbonyl (C=O) groups excluding carboxylic acids is 1. The van der Waals surface area contributed by atoms with Gasteiger partial charge in [-0.05, 0) is 46.8 Å². The normalized spacial score (nSPS) is 15.8. The molecule has 2 aromatic carbocycles. The molecule has 32 heavy (non-hydrogen) atoms. The SMILES string of the molecule is N#Cc1ccc(CN2CCN(CC(=O)N[C@H](c3ccc(F)cc3)c3cccs3)CC2)cc1. The van der Waals surface area contributed by atoms with Gasteiger partial charge in [-0.3, -0.25) is 14.6 Å². The largest absolute Gasteiger partial charge is 0.343 e. The Morgan fingerprint density at radius 1 is 1.03 bits per heavy atom. The van der Waals surface area contributed by atoms with E-state index >= 15 is 0 Å². The van der Waals surface area contributed by atoms with Crippen molar-refractivity contribution < 1.29 is 9.18 Å². The van der Waals surface area contributed by atoms with Crippen LogP contribution in [0.3, 0.4) is 0 Å². The molecule has 0 bridgehead atoms. The van der Waals surface area contributed by atoms with Gasteiger partial charge >= 0.3 is 0 Å². The van der Waals surface area contributed by atoms with E-state index in [1.165, 1.54) is 17.7 Å². The van der Waals surface area contributed by atoms with E-state index in [9.17, 15) is 9.18 Å². The van der Waals surface area contributed by atoms with E-state index in [4.69, 9.17) is 5.26 Å². The highest BCUT2D eigenvalue weighted by Crippen LogP contribution is 2.26. The summed E-state index contributed by atoms with van der Waals surface area (Å²) in [5, 5.41) is 14.0. The molecular weight excluding hydrogens is 423 g/mol. The van der Waals surface area contributed by atoms with Crippen LogP contribution in [0.5, 0.6) is 0 Å². The first-order chi connectivity index (χ1) is 15.6. The molecule has 7 heteroatoms. The second-order valence-electron chi connectivity index (χ2n) is 7.93. The van der Waals surface area contributed by atoms with Gasteiger partial charge in [-0.15, -0.1) is 11.3 Å². The molecule has 0 unspecified atom stereocenters. The third kappa shape index (κ3) is 5.80. The molecule has 0 radical (unpaired) electrons. The van der Waals surface area contributed by atoms with Gasteiger partial charge in [0.2, 0.25) is 5.91 Å². The summed E-state index contributed by atoms with van der Waals surface area (Å²) in [6.45, 7) is 4.61. The van der Waals surface area contributed by atoms with Crippen LogP contribution in [0.4, 0.5) is 4.39 Å². The summed E-state index contributed by atoms with van der Waals surface area (Å²) in [4.78, 5) is 18.4. The van der Waals surface area contributed by atoms with Crippen molar-refractivity contribution in [3.05, 3.63) is 93.4 Å². The molecule has 1 aliphatic heterocycles. The van der Waals surface area contributed by atoms with Crippen molar-refractivity contribution in [2.75, 3.05) is 32.7 Å². The molecule has 0 saturated carbocycles. The number of nitriles is 1. The summed E-state index contributed by atoms with van der Waals surface area (Å²) < 4.78 is 13.4. The van der Waals surface area contributed by atoms with Crippen molar-refractivity contribution >= 4 is 17.2 Å². The second-order valence-corrected chi connectivity index (χ2v) is 8.91. The van der Waals surface area contributed by atoms with Crippen LogP contribution in [0, 0.1) is 17.1 Å². The fourth-order valence-electron chi connectivity index (χ4n) is 3.89. The van der Waals surface area contributed by atoms with E-state index in [2.05, 4.69) is 21.2 Å². The lowest BCUT2D eigenvalue weighted by Crippen LogP contribution is -2.49. The molecule has 164 valence electrons. The van der Waals surface area contributed by atoms with Crippen LogP contribution in [-0.2, 0) is 11.3 Å². The van der Waals surface area contributed by atoms with Gasteiger partial charge in [0.1, 0.15) is 5.82 Å². The van der Waals surface area contributed by atoms with E-state index < -0.39 is 0 Å². The van der Waals surface area contributed by atoms with Crippen LogP contribution in [-0.4, -0.2) is 48.4 Å². The molecule has 0 aliphatic carbocycles. The number of benzene rings is 2. The van der Waals surface area contributed by atoms with Crippen molar-refractivity contribution in [1.29, 1.82) is 5.26 Å². The number of hydrogen-bond donors (Lipinski definition) is 1. The van der Waals surface area contributed by atoms with Crippen LogP contribution >= 0.6 is 11.3 Å². The number of thiophene rings is 1. The fraction of sp³-hybridized carbons (Fsp3) is 0.280. The molecule has 1 aliphatic rings. The highest BCUT2D eigenvalue weighted by Gasteiger charge is 2.22. The van der Waals surface area contributed by atoms with Gasteiger partial charge in [-0.1, -0.05) is 30.3 Å². The number of halogens is 1. The van der Waals surface area contributed by atoms with Crippen molar-refractivity contribution in [2.45, 2.75) is 12.6 Å². The molecule has 4 rings (SSSR count). The maximum atomic E-state index is 13.4. The van der Waals surface area contributed by atoms with Gasteiger partial charge in [0, 0.05) is 37.6 Å². The standard InChI is InChI=1S/C25H25FN4OS/c26-22-9-7-21(8-10-22)25(23-2-1-15-32-23)28-24(31)18-30-13-11-29(12-14-30)17-20-5-3-19(16-27)4-6-20/h1-10,15,25H,11-14,17-18H2,(H,28,31)/t25-/m1/s1. The topological polar surface area (TPSA) is 59.4 Å². The Labute approximate surface area is 191 Å². The van der Waals surface area contributed by atoms with Crippen LogP contribution in [0.2, 0.25) is 0 Å². The summed E-state index contributed by atoms with van der Waals surface area (Å²) in [6.07, 6.45) is 0. The number of hydrogen-bond acceptors (Lipinski definition) is 5. The molecule has 1 amide bonds. The van der Waals surface area contributed by atoms with Crippen molar-refractivity contribution in [1.82, 2.24) is 15.1 Å². The third-order valence-electron chi connectivity index (χ3n) is 5.66. The summed E-state index contributed by atoms with van der Waals surface area (Å²) in [5.41, 5.74) is 2.73. The Bertz CT molecular complexity index is 1050. The molecule has 1 N–H and O–H groups in total. The number of rotatable bonds is 7. The zero-order valence-electron chi connectivity index (χ0n) is 17.7. The minimum atomic E-state index is -0.288. The Kier molecular flexibility index (Phi) is 7.28. The average Bonchev–Trinajstić information content (AvgIpc) is 3.35. The van der Waals surface area contributed by atoms with Gasteiger partial charge in [0.05, 0.1) is 24.2 Å². The summed E-state index contributed by atoms with van der Waals surface area (Å²) in [7, 11) is 0. The molecule has 0 spiro atoms. The maximum absolute atomic E-state index is 13.4. The molecule has 1 atom stereocenters. The van der Waals surface area contributed by atoms with E-state index in [1.807, 2.05) is 41.8 Å². The molecule has 3 aromatic rings. The van der Waals surface area contributed by atoms with E-state index in [-0.39, 0.29) is 17.8 Å². The number of nitrogens with zero attached hydrogens (tertiary/aromatic N) is 3. The van der Waals surface area contributed by atoms with Crippen molar-refractivity contribution in [2.24, 2.45) is 0 Å². The van der Waals surface area contributed by atoms with Crippen molar-refractivity contribution in [3.8, 4) is 6.07 Å². The molecule has 1 fully saturated rings. The first-order valence-corrected chi connectivity index (χ1v) is 11.5. The number of piperazine rings is 1. The highest BCUT2D eigenvalue weighted by molar-refractivity contribution is 7.10. The quantitative estimate of drug-likeness (QED) is 0.598. The monoisotopic (exact) mass is 448 g/mol. The lowest BCUT2D eigenvalue weighted by molar-refractivity contribution is -0.123. The predicted molar refractivity (Wildman–Crippen MR) is 124 cm³/mol. The molecular formula is C25H25FN4OS. The van der Waals surface area contributed by atoms with E-state index in [0.29, 0.717) is 12.1 Å². The van der Waals surface area contributed by atoms with Gasteiger partial charge in [0.15, 0.2) is 0 Å². The minimum Gasteiger partial charge on any atom is -0.343 e. The first kappa shape index (κ1) is 22.2. The number of carbonyl (C=O) groups is 1. The minimum absolute atomic E-state index is 0.0340. The van der Waals surface area contributed by atoms with Crippen molar-refractivity contribution in [3.63, 3.8) is 0 Å². The van der Waals surface area contributed by atoms with Gasteiger partial charge in [-0.2, -0.15) is 5.26 Å². The number of amides is 1. The zero-order valence-corrected chi connectivity index (χ0v) is 18.5. The molecule has 1 aromatic heterocycles. The molecule has 2 heterocycles. The van der Waals surface area contributed by atoms with Crippen LogP contribution in [0.1, 0.15) is 27.6 Å². The summed E-state index contributed by atoms with van der Waals surface area (Å²) in [5.74, 6) is -0.322. The first-order valence-electron chi connectivity index (χ1n) is 10.6. The Hall–Kier alpha value is -3.05. The highest BCUT2D eigenvalue weighted by atomic mass is 32.1. The summed E-state index contributed by atoms with van der Waals surface area (Å²) in [6, 6.07) is 19.8. The maximum Gasteiger partial charge on any atom is 0.234 e. The lowest BCUT2D eigenvalue weighted by atomic mass is 10.1. The lowest BCUT2D eigenvalue weighted by Gasteiger charge is -2.34. The molecule has 5 nitrogen and oxygen atoms in total. The second kappa shape index (κ2) is 10.5. The average molecular weight is 449 g/mol. The Morgan fingerprint density at radius 3 is 2.34 bits per heavy atom. The molecule has 1 saturated heterocycles. The van der Waals surface area contributed by atoms with Crippen LogP contribution in [0.15, 0.2) is 66.0 Å². The Balaban J connectivity index is 1.30. The van der Waals surface area contributed by atoms with Crippen LogP contribution < -0.4 is 5.32 Å². The van der Waals surface area contributed by atoms with E-state index in [1.54, 1.807) is 23.5 Å². The van der Waals surface area contributed by atoms with E-state index in [0.717, 1.165) is 43.2 Å². The van der Waals surface area contributed by atoms with Gasteiger partial charge < -0.3 is 5.32 Å². The fourth-order valence-corrected chi connectivity index (χ4v) is 4.69. The third-order valence-corrected chi connectivity index (χ3v) is 6.59.